The van der Waals surface area contributed by atoms with Crippen molar-refractivity contribution in [3.8, 4) is 16.4 Å². The molecule has 4 heterocycles. The van der Waals surface area contributed by atoms with Crippen molar-refractivity contribution in [3.63, 3.8) is 0 Å². The van der Waals surface area contributed by atoms with Gasteiger partial charge in [-0.25, -0.2) is 14.6 Å². The van der Waals surface area contributed by atoms with Crippen LogP contribution in [-0.2, 0) is 21.5 Å². The minimum absolute atomic E-state index is 0.158. The normalized spacial score (nSPS) is 14.4. The van der Waals surface area contributed by atoms with Gasteiger partial charge in [0.15, 0.2) is 5.82 Å². The van der Waals surface area contributed by atoms with Crippen molar-refractivity contribution < 1.29 is 17.9 Å². The summed E-state index contributed by atoms with van der Waals surface area (Å²) in [5.41, 5.74) is 1.63. The summed E-state index contributed by atoms with van der Waals surface area (Å²) >= 11 is 7.18. The van der Waals surface area contributed by atoms with Crippen molar-refractivity contribution >= 4 is 44.7 Å². The van der Waals surface area contributed by atoms with Crippen LogP contribution < -0.4 is 10.0 Å². The Labute approximate surface area is 221 Å². The molecule has 1 aliphatic heterocycles. The number of benzene rings is 1. The second-order valence-electron chi connectivity index (χ2n) is 7.90. The lowest BCUT2D eigenvalue weighted by Crippen LogP contribution is -2.43. The highest BCUT2D eigenvalue weighted by molar-refractivity contribution is 7.90. The molecular formula is C22H21ClN8O4S2. The molecule has 37 heavy (non-hydrogen) atoms. The number of carbonyl (C=O) groups excluding carboxylic acids is 1. The third kappa shape index (κ3) is 6.11. The van der Waals surface area contributed by atoms with Crippen molar-refractivity contribution in [3.05, 3.63) is 70.6 Å². The van der Waals surface area contributed by atoms with E-state index >= 15 is 0 Å². The van der Waals surface area contributed by atoms with Crippen molar-refractivity contribution in [1.82, 2.24) is 34.6 Å². The molecule has 0 atom stereocenters. The predicted molar refractivity (Wildman–Crippen MR) is 138 cm³/mol. The van der Waals surface area contributed by atoms with Gasteiger partial charge in [-0.15, -0.1) is 16.4 Å². The highest BCUT2D eigenvalue weighted by Gasteiger charge is 2.24. The van der Waals surface area contributed by atoms with Crippen LogP contribution in [0.2, 0.25) is 5.02 Å². The lowest BCUT2D eigenvalue weighted by Gasteiger charge is -2.26. The van der Waals surface area contributed by atoms with Gasteiger partial charge in [0.1, 0.15) is 15.6 Å². The predicted octanol–water partition coefficient (Wildman–Crippen LogP) is 2.36. The maximum absolute atomic E-state index is 12.7. The van der Waals surface area contributed by atoms with Crippen LogP contribution in [0.4, 0.5) is 5.69 Å². The van der Waals surface area contributed by atoms with Gasteiger partial charge in [-0.1, -0.05) is 28.9 Å². The molecule has 0 spiro atoms. The average Bonchev–Trinajstić information content (AvgIpc) is 3.58. The number of aromatic nitrogens is 5. The van der Waals surface area contributed by atoms with E-state index in [-0.39, 0.29) is 12.5 Å². The van der Waals surface area contributed by atoms with E-state index < -0.39 is 10.2 Å². The molecule has 1 aromatic carbocycles. The monoisotopic (exact) mass is 560 g/mol. The maximum atomic E-state index is 12.7. The van der Waals surface area contributed by atoms with Gasteiger partial charge >= 0.3 is 10.2 Å². The number of anilines is 1. The lowest BCUT2D eigenvalue weighted by molar-refractivity contribution is 0.0733. The van der Waals surface area contributed by atoms with Gasteiger partial charge in [-0.2, -0.15) is 12.7 Å². The Morgan fingerprint density at radius 1 is 1.16 bits per heavy atom. The van der Waals surface area contributed by atoms with Crippen LogP contribution in [0, 0.1) is 0 Å². The number of carbonyl (C=O) groups is 1. The number of ether oxygens (including phenoxy) is 1. The van der Waals surface area contributed by atoms with E-state index in [1.165, 1.54) is 26.5 Å². The van der Waals surface area contributed by atoms with Crippen LogP contribution in [0.5, 0.6) is 0 Å². The molecule has 2 N–H and O–H groups in total. The summed E-state index contributed by atoms with van der Waals surface area (Å²) in [6.07, 6.45) is 4.70. The van der Waals surface area contributed by atoms with Gasteiger partial charge in [0.05, 0.1) is 37.8 Å². The zero-order valence-corrected chi connectivity index (χ0v) is 21.6. The van der Waals surface area contributed by atoms with Crippen LogP contribution >= 0.6 is 22.9 Å². The fraction of sp³-hybridized carbons (Fsp3) is 0.227. The summed E-state index contributed by atoms with van der Waals surface area (Å²) in [7, 11) is -3.70. The van der Waals surface area contributed by atoms with Gasteiger partial charge in [0.25, 0.3) is 5.91 Å². The Morgan fingerprint density at radius 2 is 2.00 bits per heavy atom. The van der Waals surface area contributed by atoms with Gasteiger partial charge in [-0.05, 0) is 18.2 Å². The Morgan fingerprint density at radius 3 is 2.81 bits per heavy atom. The van der Waals surface area contributed by atoms with Crippen LogP contribution in [0.15, 0.2) is 55.0 Å². The molecule has 1 saturated heterocycles. The Kier molecular flexibility index (Phi) is 7.43. The van der Waals surface area contributed by atoms with E-state index in [9.17, 15) is 13.2 Å². The number of halogens is 1. The van der Waals surface area contributed by atoms with E-state index in [0.717, 1.165) is 0 Å². The highest BCUT2D eigenvalue weighted by Crippen LogP contribution is 2.28. The number of nitrogens with zero attached hydrogens (tertiary/aromatic N) is 6. The van der Waals surface area contributed by atoms with E-state index in [1.807, 2.05) is 0 Å². The smallest absolute Gasteiger partial charge is 0.301 e. The molecule has 15 heteroatoms. The molecule has 3 aromatic heterocycles. The molecule has 1 aliphatic rings. The fourth-order valence-corrected chi connectivity index (χ4v) is 5.66. The lowest BCUT2D eigenvalue weighted by atomic mass is 10.2. The maximum Gasteiger partial charge on any atom is 0.301 e. The third-order valence-electron chi connectivity index (χ3n) is 5.31. The topological polar surface area (TPSA) is 144 Å². The molecule has 0 saturated carbocycles. The summed E-state index contributed by atoms with van der Waals surface area (Å²) in [6.45, 7) is 1.48. The number of amides is 1. The average molecular weight is 561 g/mol. The van der Waals surface area contributed by atoms with Crippen molar-refractivity contribution in [1.29, 1.82) is 0 Å². The molecule has 0 aliphatic carbocycles. The minimum atomic E-state index is -3.70. The molecule has 0 unspecified atom stereocenters. The SMILES string of the molecule is O=C(NCc1cn(-c2cc(Cl)ccn2)nn1)c1cnc(-c2cccc(NS(=O)(=O)N3CCOCC3)c2)s1. The molecular weight excluding hydrogens is 540 g/mol. The summed E-state index contributed by atoms with van der Waals surface area (Å²) in [5, 5.41) is 12.0. The van der Waals surface area contributed by atoms with Crippen molar-refractivity contribution in [2.45, 2.75) is 6.54 Å². The molecule has 0 radical (unpaired) electrons. The first-order chi connectivity index (χ1) is 17.9. The molecule has 0 bridgehead atoms. The van der Waals surface area contributed by atoms with E-state index in [0.29, 0.717) is 64.0 Å². The zero-order chi connectivity index (χ0) is 25.8. The number of pyridine rings is 1. The van der Waals surface area contributed by atoms with E-state index in [2.05, 4.69) is 30.3 Å². The summed E-state index contributed by atoms with van der Waals surface area (Å²) in [6, 6.07) is 10.2. The quantitative estimate of drug-likeness (QED) is 0.334. The van der Waals surface area contributed by atoms with Crippen molar-refractivity contribution in [2.24, 2.45) is 0 Å². The number of rotatable bonds is 8. The molecule has 192 valence electrons. The fourth-order valence-electron chi connectivity index (χ4n) is 3.50. The number of morpholine rings is 1. The van der Waals surface area contributed by atoms with Gasteiger partial charge in [-0.3, -0.25) is 9.52 Å². The molecule has 1 fully saturated rings. The molecule has 12 nitrogen and oxygen atoms in total. The minimum Gasteiger partial charge on any atom is -0.379 e. The van der Waals surface area contributed by atoms with E-state index in [4.69, 9.17) is 16.3 Å². The number of hydrogen-bond acceptors (Lipinski definition) is 9. The first kappa shape index (κ1) is 25.2. The highest BCUT2D eigenvalue weighted by atomic mass is 35.5. The summed E-state index contributed by atoms with van der Waals surface area (Å²) in [5.74, 6) is 0.197. The molecule has 1 amide bonds. The zero-order valence-electron chi connectivity index (χ0n) is 19.2. The van der Waals surface area contributed by atoms with Crippen LogP contribution in [0.25, 0.3) is 16.4 Å². The van der Waals surface area contributed by atoms with E-state index in [1.54, 1.807) is 48.8 Å². The van der Waals surface area contributed by atoms with Crippen LogP contribution in [0.1, 0.15) is 15.4 Å². The molecule has 4 aromatic rings. The Balaban J connectivity index is 1.22. The van der Waals surface area contributed by atoms with Gasteiger partial charge in [0, 0.05) is 35.9 Å². The van der Waals surface area contributed by atoms with Gasteiger partial charge < -0.3 is 10.1 Å². The Hall–Kier alpha value is -3.43. The number of hydrogen-bond donors (Lipinski definition) is 2. The first-order valence-corrected chi connectivity index (χ1v) is 13.7. The molecule has 5 rings (SSSR count). The number of nitrogens with one attached hydrogen (secondary N) is 2. The summed E-state index contributed by atoms with van der Waals surface area (Å²) in [4.78, 5) is 21.6. The van der Waals surface area contributed by atoms with Crippen LogP contribution in [-0.4, -0.2) is 69.9 Å². The second-order valence-corrected chi connectivity index (χ2v) is 11.0. The Bertz CT molecular complexity index is 1520. The summed E-state index contributed by atoms with van der Waals surface area (Å²) < 4.78 is 35.9. The van der Waals surface area contributed by atoms with Crippen molar-refractivity contribution in [2.75, 3.05) is 31.0 Å². The van der Waals surface area contributed by atoms with Crippen LogP contribution in [0.3, 0.4) is 0 Å². The number of thiazole rings is 1. The first-order valence-electron chi connectivity index (χ1n) is 11.1. The second kappa shape index (κ2) is 10.9. The van der Waals surface area contributed by atoms with Gasteiger partial charge in [0.2, 0.25) is 0 Å². The largest absolute Gasteiger partial charge is 0.379 e. The third-order valence-corrected chi connectivity index (χ3v) is 8.13. The standard InChI is InChI=1S/C22H21ClN8O4S2/c23-16-4-5-24-20(11-16)31-14-18(27-29-31)12-25-21(32)19-13-26-22(36-19)15-2-1-3-17(10-15)28-37(33,34)30-6-8-35-9-7-30/h1-5,10-11,13-14,28H,6-9,12H2,(H,25,32).